The third kappa shape index (κ3) is 5.30. The van der Waals surface area contributed by atoms with E-state index in [4.69, 9.17) is 14.0 Å². The fourth-order valence-electron chi connectivity index (χ4n) is 2.38. The highest BCUT2D eigenvalue weighted by Crippen LogP contribution is 2.45. The molecule has 2 aromatic carbocycles. The Morgan fingerprint density at radius 2 is 1.80 bits per heavy atom. The van der Waals surface area contributed by atoms with E-state index in [-0.39, 0.29) is 12.5 Å². The summed E-state index contributed by atoms with van der Waals surface area (Å²) in [5.74, 6) is -0.0248. The smallest absolute Gasteiger partial charge is 0.342 e. The predicted octanol–water partition coefficient (Wildman–Crippen LogP) is 3.95. The quantitative estimate of drug-likeness (QED) is 0.564. The predicted molar refractivity (Wildman–Crippen MR) is 97.9 cm³/mol. The van der Waals surface area contributed by atoms with Crippen LogP contribution in [-0.2, 0) is 18.8 Å². The van der Waals surface area contributed by atoms with Gasteiger partial charge in [-0.3, -0.25) is 9.36 Å². The van der Waals surface area contributed by atoms with E-state index < -0.39 is 19.5 Å². The molecule has 0 saturated carbocycles. The molecule has 2 atom stereocenters. The minimum Gasteiger partial charge on any atom is -0.462 e. The number of fused-ring (bicyclic) bond motifs is 1. The Morgan fingerprint density at radius 3 is 2.48 bits per heavy atom. The molecule has 1 N–H and O–H groups in total. The van der Waals surface area contributed by atoms with Crippen LogP contribution < -0.4 is 9.61 Å². The van der Waals surface area contributed by atoms with Crippen molar-refractivity contribution in [3.63, 3.8) is 0 Å². The van der Waals surface area contributed by atoms with Crippen LogP contribution >= 0.6 is 7.52 Å². The van der Waals surface area contributed by atoms with Crippen LogP contribution in [0.25, 0.3) is 10.8 Å². The topological polar surface area (TPSA) is 73.9 Å². The van der Waals surface area contributed by atoms with Crippen LogP contribution in [0.3, 0.4) is 0 Å². The maximum absolute atomic E-state index is 13.2. The van der Waals surface area contributed by atoms with Gasteiger partial charge in [-0.15, -0.1) is 0 Å². The molecule has 0 aromatic heterocycles. The van der Waals surface area contributed by atoms with Gasteiger partial charge in [0.1, 0.15) is 18.1 Å². The van der Waals surface area contributed by atoms with Crippen molar-refractivity contribution in [2.45, 2.75) is 32.9 Å². The number of benzene rings is 2. The summed E-state index contributed by atoms with van der Waals surface area (Å²) < 4.78 is 29.1. The molecule has 136 valence electrons. The number of nitrogens with one attached hydrogen (secondary N) is 1. The summed E-state index contributed by atoms with van der Waals surface area (Å²) in [7, 11) is -2.04. The fourth-order valence-corrected chi connectivity index (χ4v) is 4.07. The highest BCUT2D eigenvalue weighted by Gasteiger charge is 2.31. The number of hydrogen-bond donors (Lipinski definition) is 1. The van der Waals surface area contributed by atoms with E-state index >= 15 is 0 Å². The van der Waals surface area contributed by atoms with Crippen molar-refractivity contribution in [3.8, 4) is 5.75 Å². The Bertz CT molecular complexity index is 772. The van der Waals surface area contributed by atoms with Crippen LogP contribution in [0.5, 0.6) is 5.75 Å². The minimum atomic E-state index is -3.47. The second-order valence-corrected chi connectivity index (χ2v) is 8.04. The molecule has 0 amide bonds. The average molecular weight is 365 g/mol. The van der Waals surface area contributed by atoms with Crippen LogP contribution in [-0.4, -0.2) is 31.6 Å². The van der Waals surface area contributed by atoms with Crippen LogP contribution in [0.1, 0.15) is 20.8 Å². The van der Waals surface area contributed by atoms with Gasteiger partial charge in [0.25, 0.3) is 0 Å². The monoisotopic (exact) mass is 365 g/mol. The van der Waals surface area contributed by atoms with Gasteiger partial charge in [-0.1, -0.05) is 36.4 Å². The minimum absolute atomic E-state index is 0.171. The van der Waals surface area contributed by atoms with Crippen molar-refractivity contribution in [2.75, 3.05) is 13.5 Å². The van der Waals surface area contributed by atoms with Gasteiger partial charge in [-0.25, -0.2) is 5.09 Å². The first-order valence-corrected chi connectivity index (χ1v) is 9.89. The first-order chi connectivity index (χ1) is 11.8. The molecule has 0 heterocycles. The number of ether oxygens (including phenoxy) is 2. The normalized spacial score (nSPS) is 14.9. The molecule has 0 spiro atoms. The lowest BCUT2D eigenvalue weighted by Gasteiger charge is -2.24. The molecule has 0 aliphatic carbocycles. The largest absolute Gasteiger partial charge is 0.462 e. The lowest BCUT2D eigenvalue weighted by atomic mass is 10.1. The van der Waals surface area contributed by atoms with E-state index in [0.29, 0.717) is 5.75 Å². The molecule has 0 saturated heterocycles. The number of carbonyl (C=O) groups is 1. The molecule has 6 nitrogen and oxygen atoms in total. The van der Waals surface area contributed by atoms with Gasteiger partial charge < -0.3 is 14.0 Å². The fraction of sp³-hybridized carbons (Fsp3) is 0.389. The number of rotatable bonds is 8. The van der Waals surface area contributed by atoms with Crippen molar-refractivity contribution in [2.24, 2.45) is 0 Å². The lowest BCUT2D eigenvalue weighted by molar-refractivity contribution is -0.149. The third-order valence-corrected chi connectivity index (χ3v) is 5.26. The Kier molecular flexibility index (Phi) is 6.59. The zero-order chi connectivity index (χ0) is 18.4. The van der Waals surface area contributed by atoms with Gasteiger partial charge in [0, 0.05) is 12.5 Å². The summed E-state index contributed by atoms with van der Waals surface area (Å²) in [5, 5.41) is 4.55. The Labute approximate surface area is 148 Å². The standard InChI is InChI=1S/C18H24NO5P/c1-13(2)23-18(20)14(3)19-25(21,12-22-4)24-17-11-7-9-15-8-5-6-10-16(15)17/h5-11,13-14H,12H2,1-4H3,(H,19,21)/t14-,25?/m0/s1. The molecule has 1 unspecified atom stereocenters. The summed E-state index contributed by atoms with van der Waals surface area (Å²) in [6.45, 7) is 5.09. The van der Waals surface area contributed by atoms with Crippen LogP contribution in [0.4, 0.5) is 0 Å². The molecule has 25 heavy (non-hydrogen) atoms. The van der Waals surface area contributed by atoms with Gasteiger partial charge in [0.15, 0.2) is 0 Å². The van der Waals surface area contributed by atoms with Gasteiger partial charge in [-0.2, -0.15) is 0 Å². The molecule has 7 heteroatoms. The van der Waals surface area contributed by atoms with E-state index in [2.05, 4.69) is 5.09 Å². The summed E-state index contributed by atoms with van der Waals surface area (Å²) in [6.07, 6.45) is -0.423. The zero-order valence-corrected chi connectivity index (χ0v) is 15.8. The highest BCUT2D eigenvalue weighted by molar-refractivity contribution is 7.57. The van der Waals surface area contributed by atoms with Crippen LogP contribution in [0, 0.1) is 0 Å². The molecule has 0 bridgehead atoms. The van der Waals surface area contributed by atoms with Gasteiger partial charge in [0.05, 0.1) is 6.10 Å². The summed E-state index contributed by atoms with van der Waals surface area (Å²) in [5.41, 5.74) is 0. The first kappa shape index (κ1) is 19.4. The maximum Gasteiger partial charge on any atom is 0.342 e. The molecule has 2 rings (SSSR count). The van der Waals surface area contributed by atoms with E-state index in [1.54, 1.807) is 26.8 Å². The van der Waals surface area contributed by atoms with Crippen molar-refractivity contribution >= 4 is 24.3 Å². The summed E-state index contributed by atoms with van der Waals surface area (Å²) >= 11 is 0. The second kappa shape index (κ2) is 8.48. The van der Waals surface area contributed by atoms with E-state index in [9.17, 15) is 9.36 Å². The lowest BCUT2D eigenvalue weighted by Crippen LogP contribution is -2.36. The highest BCUT2D eigenvalue weighted by atomic mass is 31.2. The summed E-state index contributed by atoms with van der Waals surface area (Å²) in [4.78, 5) is 12.0. The molecule has 0 aliphatic heterocycles. The Balaban J connectivity index is 2.24. The van der Waals surface area contributed by atoms with Gasteiger partial charge in [-0.05, 0) is 32.2 Å². The molecule has 0 fully saturated rings. The molecular weight excluding hydrogens is 341 g/mol. The van der Waals surface area contributed by atoms with Crippen LogP contribution in [0.2, 0.25) is 0 Å². The molecule has 0 aliphatic rings. The summed E-state index contributed by atoms with van der Waals surface area (Å²) in [6, 6.07) is 12.3. The van der Waals surface area contributed by atoms with Crippen molar-refractivity contribution in [3.05, 3.63) is 42.5 Å². The first-order valence-electron chi connectivity index (χ1n) is 8.08. The van der Waals surface area contributed by atoms with E-state index in [1.807, 2.05) is 36.4 Å². The molecule has 0 radical (unpaired) electrons. The SMILES string of the molecule is COCP(=O)(N[C@@H](C)C(=O)OC(C)C)Oc1cccc2ccccc12. The number of esters is 1. The Morgan fingerprint density at radius 1 is 1.12 bits per heavy atom. The maximum atomic E-state index is 13.2. The van der Waals surface area contributed by atoms with E-state index in [1.165, 1.54) is 7.11 Å². The zero-order valence-electron chi connectivity index (χ0n) is 14.9. The van der Waals surface area contributed by atoms with Crippen LogP contribution in [0.15, 0.2) is 42.5 Å². The van der Waals surface area contributed by atoms with Crippen molar-refractivity contribution in [1.29, 1.82) is 0 Å². The Hall–Kier alpha value is -1.88. The van der Waals surface area contributed by atoms with Gasteiger partial charge >= 0.3 is 13.5 Å². The third-order valence-electron chi connectivity index (χ3n) is 3.39. The second-order valence-electron chi connectivity index (χ2n) is 6.00. The number of methoxy groups -OCH3 is 1. The van der Waals surface area contributed by atoms with Crippen molar-refractivity contribution in [1.82, 2.24) is 5.09 Å². The van der Waals surface area contributed by atoms with Gasteiger partial charge in [0.2, 0.25) is 0 Å². The molecule has 2 aromatic rings. The number of carbonyl (C=O) groups excluding carboxylic acids is 1. The number of hydrogen-bond acceptors (Lipinski definition) is 5. The molecular formula is C18H24NO5P. The van der Waals surface area contributed by atoms with E-state index in [0.717, 1.165) is 10.8 Å². The van der Waals surface area contributed by atoms with Crippen molar-refractivity contribution < 1.29 is 23.4 Å². The average Bonchev–Trinajstić information content (AvgIpc) is 2.54.